The number of amides is 1. The van der Waals surface area contributed by atoms with E-state index in [1.54, 1.807) is 35.6 Å². The van der Waals surface area contributed by atoms with Gasteiger partial charge in [-0.2, -0.15) is 4.31 Å². The molecule has 0 N–H and O–H groups in total. The Morgan fingerprint density at radius 2 is 1.83 bits per heavy atom. The van der Waals surface area contributed by atoms with Crippen molar-refractivity contribution in [3.8, 4) is 5.75 Å². The molecule has 1 amide bonds. The van der Waals surface area contributed by atoms with Gasteiger partial charge in [0.15, 0.2) is 0 Å². The highest BCUT2D eigenvalue weighted by molar-refractivity contribution is 7.89. The van der Waals surface area contributed by atoms with Crippen LogP contribution in [0.15, 0.2) is 46.7 Å². The van der Waals surface area contributed by atoms with Crippen molar-refractivity contribution in [3.05, 3.63) is 46.7 Å². The van der Waals surface area contributed by atoms with Crippen molar-refractivity contribution in [1.29, 1.82) is 0 Å². The number of carbonyl (C=O) groups excluding carboxylic acids is 1. The maximum absolute atomic E-state index is 13.2. The Bertz CT molecular complexity index is 950. The second-order valence-corrected chi connectivity index (χ2v) is 10.7. The van der Waals surface area contributed by atoms with E-state index in [0.717, 1.165) is 19.4 Å². The zero-order valence-electron chi connectivity index (χ0n) is 17.2. The monoisotopic (exact) mass is 448 g/mol. The van der Waals surface area contributed by atoms with Crippen molar-refractivity contribution in [3.63, 3.8) is 0 Å². The van der Waals surface area contributed by atoms with E-state index < -0.39 is 10.0 Å². The van der Waals surface area contributed by atoms with Crippen LogP contribution in [0.25, 0.3) is 0 Å². The number of likely N-dealkylation sites (tertiary alicyclic amines) is 1. The van der Waals surface area contributed by atoms with E-state index in [1.165, 1.54) is 9.18 Å². The smallest absolute Gasteiger partial charge is 0.243 e. The number of nitrogens with zero attached hydrogens (tertiary/aromatic N) is 2. The van der Waals surface area contributed by atoms with Gasteiger partial charge in [0.2, 0.25) is 15.9 Å². The van der Waals surface area contributed by atoms with Gasteiger partial charge < -0.3 is 9.64 Å². The number of thiophene rings is 1. The number of carbonyl (C=O) groups is 1. The zero-order valence-corrected chi connectivity index (χ0v) is 18.8. The highest BCUT2D eigenvalue weighted by atomic mass is 32.2. The highest BCUT2D eigenvalue weighted by Gasteiger charge is 2.37. The van der Waals surface area contributed by atoms with Crippen molar-refractivity contribution in [2.45, 2.75) is 43.5 Å². The predicted molar refractivity (Wildman–Crippen MR) is 117 cm³/mol. The van der Waals surface area contributed by atoms with Gasteiger partial charge in [0.25, 0.3) is 0 Å². The Morgan fingerprint density at radius 1 is 1.10 bits per heavy atom. The average molecular weight is 449 g/mol. The van der Waals surface area contributed by atoms with E-state index in [4.69, 9.17) is 4.74 Å². The predicted octanol–water partition coefficient (Wildman–Crippen LogP) is 3.91. The largest absolute Gasteiger partial charge is 0.494 e. The Kier molecular flexibility index (Phi) is 6.46. The summed E-state index contributed by atoms with van der Waals surface area (Å²) in [7, 11) is -3.55. The van der Waals surface area contributed by atoms with Crippen LogP contribution in [0.4, 0.5) is 0 Å². The normalized spacial score (nSPS) is 21.1. The number of rotatable bonds is 6. The van der Waals surface area contributed by atoms with Crippen LogP contribution in [-0.4, -0.2) is 49.8 Å². The van der Waals surface area contributed by atoms with Crippen LogP contribution in [0.5, 0.6) is 5.75 Å². The molecule has 3 heterocycles. The molecule has 0 aliphatic carbocycles. The lowest BCUT2D eigenvalue weighted by Gasteiger charge is -2.34. The first-order valence-electron chi connectivity index (χ1n) is 10.6. The van der Waals surface area contributed by atoms with E-state index in [-0.39, 0.29) is 22.8 Å². The molecule has 0 saturated carbocycles. The second kappa shape index (κ2) is 9.08. The molecule has 0 bridgehead atoms. The van der Waals surface area contributed by atoms with Gasteiger partial charge in [-0.3, -0.25) is 4.79 Å². The molecule has 1 atom stereocenters. The summed E-state index contributed by atoms with van der Waals surface area (Å²) < 4.78 is 32.9. The minimum atomic E-state index is -3.55. The van der Waals surface area contributed by atoms with Crippen LogP contribution < -0.4 is 4.74 Å². The van der Waals surface area contributed by atoms with E-state index in [1.807, 2.05) is 17.9 Å². The van der Waals surface area contributed by atoms with Gasteiger partial charge in [0.1, 0.15) is 5.75 Å². The fourth-order valence-corrected chi connectivity index (χ4v) is 6.75. The van der Waals surface area contributed by atoms with Gasteiger partial charge in [0, 0.05) is 30.4 Å². The number of ether oxygens (including phenoxy) is 1. The standard InChI is InChI=1S/C22H28N2O4S2/c1-2-28-18-7-9-19(10-8-18)30(26,27)23-14-11-17(12-15-23)22(25)24-13-3-5-20(24)21-6-4-16-29-21/h4,6-10,16-17,20H,2-3,5,11-15H2,1H3/t20-/m1/s1. The Hall–Kier alpha value is -1.90. The third kappa shape index (κ3) is 4.26. The molecule has 8 heteroatoms. The van der Waals surface area contributed by atoms with E-state index >= 15 is 0 Å². The Balaban J connectivity index is 1.39. The summed E-state index contributed by atoms with van der Waals surface area (Å²) in [6.07, 6.45) is 3.18. The van der Waals surface area contributed by atoms with Crippen LogP contribution in [0.2, 0.25) is 0 Å². The van der Waals surface area contributed by atoms with Gasteiger partial charge in [-0.05, 0) is 68.3 Å². The third-order valence-corrected chi connectivity index (χ3v) is 8.87. The molecule has 2 fully saturated rings. The first-order valence-corrected chi connectivity index (χ1v) is 12.9. The van der Waals surface area contributed by atoms with E-state index in [0.29, 0.717) is 38.3 Å². The Morgan fingerprint density at radius 3 is 2.47 bits per heavy atom. The molecule has 0 spiro atoms. The summed E-state index contributed by atoms with van der Waals surface area (Å²) in [6.45, 7) is 3.98. The molecule has 30 heavy (non-hydrogen) atoms. The molecular weight excluding hydrogens is 420 g/mol. The number of hydrogen-bond donors (Lipinski definition) is 0. The molecule has 162 valence electrons. The number of benzene rings is 1. The van der Waals surface area contributed by atoms with Crippen molar-refractivity contribution in [2.75, 3.05) is 26.2 Å². The van der Waals surface area contributed by atoms with Crippen molar-refractivity contribution in [1.82, 2.24) is 9.21 Å². The summed E-state index contributed by atoms with van der Waals surface area (Å²) in [6, 6.07) is 10.9. The minimum Gasteiger partial charge on any atom is -0.494 e. The maximum Gasteiger partial charge on any atom is 0.243 e. The van der Waals surface area contributed by atoms with Gasteiger partial charge in [-0.25, -0.2) is 8.42 Å². The topological polar surface area (TPSA) is 66.9 Å². The molecule has 2 aliphatic rings. The van der Waals surface area contributed by atoms with Gasteiger partial charge in [0.05, 0.1) is 17.5 Å². The van der Waals surface area contributed by atoms with Crippen LogP contribution >= 0.6 is 11.3 Å². The Labute approximate surface area is 182 Å². The lowest BCUT2D eigenvalue weighted by molar-refractivity contribution is -0.137. The lowest BCUT2D eigenvalue weighted by atomic mass is 9.96. The molecule has 1 aromatic carbocycles. The summed E-state index contributed by atoms with van der Waals surface area (Å²) in [5.41, 5.74) is 0. The SMILES string of the molecule is CCOc1ccc(S(=O)(=O)N2CCC(C(=O)N3CCC[C@@H]3c3cccs3)CC2)cc1. The quantitative estimate of drug-likeness (QED) is 0.672. The van der Waals surface area contributed by atoms with Gasteiger partial charge in [-0.1, -0.05) is 6.07 Å². The molecule has 2 aromatic rings. The number of hydrogen-bond acceptors (Lipinski definition) is 5. The van der Waals surface area contributed by atoms with Crippen LogP contribution in [0, 0.1) is 5.92 Å². The van der Waals surface area contributed by atoms with E-state index in [2.05, 4.69) is 11.4 Å². The highest BCUT2D eigenvalue weighted by Crippen LogP contribution is 2.37. The fourth-order valence-electron chi connectivity index (χ4n) is 4.41. The third-order valence-electron chi connectivity index (χ3n) is 5.98. The van der Waals surface area contributed by atoms with Crippen LogP contribution in [0.3, 0.4) is 0 Å². The molecule has 2 aliphatic heterocycles. The molecule has 2 saturated heterocycles. The average Bonchev–Trinajstić information content (AvgIpc) is 3.46. The maximum atomic E-state index is 13.2. The van der Waals surface area contributed by atoms with Crippen LogP contribution in [0.1, 0.15) is 43.5 Å². The zero-order chi connectivity index (χ0) is 21.1. The molecule has 4 rings (SSSR count). The first-order chi connectivity index (χ1) is 14.5. The van der Waals surface area contributed by atoms with Gasteiger partial charge >= 0.3 is 0 Å². The fraction of sp³-hybridized carbons (Fsp3) is 0.500. The molecular formula is C22H28N2O4S2. The number of piperidine rings is 1. The second-order valence-electron chi connectivity index (χ2n) is 7.79. The van der Waals surface area contributed by atoms with Crippen LogP contribution in [-0.2, 0) is 14.8 Å². The number of sulfonamides is 1. The summed E-state index contributed by atoms with van der Waals surface area (Å²) in [4.78, 5) is 16.7. The van der Waals surface area contributed by atoms with Gasteiger partial charge in [-0.15, -0.1) is 11.3 Å². The minimum absolute atomic E-state index is 0.0997. The van der Waals surface area contributed by atoms with E-state index in [9.17, 15) is 13.2 Å². The molecule has 0 radical (unpaired) electrons. The first kappa shape index (κ1) is 21.3. The summed E-state index contributed by atoms with van der Waals surface area (Å²) in [5.74, 6) is 0.744. The summed E-state index contributed by atoms with van der Waals surface area (Å²) >= 11 is 1.70. The molecule has 1 aromatic heterocycles. The van der Waals surface area contributed by atoms with Crippen molar-refractivity contribution in [2.24, 2.45) is 5.92 Å². The summed E-state index contributed by atoms with van der Waals surface area (Å²) in [5, 5.41) is 2.06. The lowest BCUT2D eigenvalue weighted by Crippen LogP contribution is -2.44. The molecule has 6 nitrogen and oxygen atoms in total. The van der Waals surface area contributed by atoms with Crippen molar-refractivity contribution < 1.29 is 17.9 Å². The van der Waals surface area contributed by atoms with Crippen molar-refractivity contribution >= 4 is 27.3 Å². The molecule has 0 unspecified atom stereocenters.